The molecule has 0 N–H and O–H groups in total. The number of halogens is 2. The maximum Gasteiger partial charge on any atom is 0.127 e. The SMILES string of the molecule is ClC(c1cc2c(s1)CCC2)c1cc(Br)cc2c1OCC2. The molecule has 1 atom stereocenters. The molecule has 4 heteroatoms. The summed E-state index contributed by atoms with van der Waals surface area (Å²) in [7, 11) is 0. The number of aryl methyl sites for hydroxylation is 2. The van der Waals surface area contributed by atoms with Gasteiger partial charge in [-0.2, -0.15) is 0 Å². The van der Waals surface area contributed by atoms with Crippen LogP contribution in [0.25, 0.3) is 0 Å². The summed E-state index contributed by atoms with van der Waals surface area (Å²) in [5, 5.41) is -0.102. The van der Waals surface area contributed by atoms with Gasteiger partial charge in [0.05, 0.1) is 12.0 Å². The number of benzene rings is 1. The van der Waals surface area contributed by atoms with Crippen molar-refractivity contribution in [3.05, 3.63) is 49.1 Å². The smallest absolute Gasteiger partial charge is 0.127 e. The molecule has 4 rings (SSSR count). The monoisotopic (exact) mass is 368 g/mol. The van der Waals surface area contributed by atoms with Crippen LogP contribution in [0.1, 0.15) is 38.2 Å². The van der Waals surface area contributed by atoms with Crippen molar-refractivity contribution >= 4 is 38.9 Å². The molecule has 2 aromatic rings. The molecule has 1 nitrogen and oxygen atoms in total. The fraction of sp³-hybridized carbons (Fsp3) is 0.375. The van der Waals surface area contributed by atoms with E-state index in [-0.39, 0.29) is 5.38 Å². The van der Waals surface area contributed by atoms with Crippen LogP contribution in [-0.2, 0) is 19.3 Å². The number of hydrogen-bond acceptors (Lipinski definition) is 2. The molecule has 20 heavy (non-hydrogen) atoms. The first-order valence-electron chi connectivity index (χ1n) is 6.93. The normalized spacial score (nSPS) is 17.7. The van der Waals surface area contributed by atoms with E-state index in [0.29, 0.717) is 0 Å². The molecular formula is C16H14BrClOS. The van der Waals surface area contributed by atoms with Crippen molar-refractivity contribution in [1.29, 1.82) is 0 Å². The molecule has 0 spiro atoms. The summed E-state index contributed by atoms with van der Waals surface area (Å²) in [6.45, 7) is 0.767. The number of fused-ring (bicyclic) bond motifs is 2. The molecule has 0 radical (unpaired) electrons. The summed E-state index contributed by atoms with van der Waals surface area (Å²) in [4.78, 5) is 2.78. The van der Waals surface area contributed by atoms with Crippen LogP contribution >= 0.6 is 38.9 Å². The van der Waals surface area contributed by atoms with Crippen LogP contribution in [0.4, 0.5) is 0 Å². The minimum atomic E-state index is -0.102. The van der Waals surface area contributed by atoms with E-state index >= 15 is 0 Å². The third kappa shape index (κ3) is 2.11. The third-order valence-corrected chi connectivity index (χ3v) is 6.43. The van der Waals surface area contributed by atoms with Crippen LogP contribution in [0.2, 0.25) is 0 Å². The Labute approximate surface area is 136 Å². The second-order valence-electron chi connectivity index (χ2n) is 5.40. The first-order chi connectivity index (χ1) is 9.72. The molecular weight excluding hydrogens is 356 g/mol. The highest BCUT2D eigenvalue weighted by atomic mass is 79.9. The lowest BCUT2D eigenvalue weighted by Crippen LogP contribution is -1.96. The van der Waals surface area contributed by atoms with Crippen molar-refractivity contribution < 1.29 is 4.74 Å². The lowest BCUT2D eigenvalue weighted by Gasteiger charge is -2.13. The summed E-state index contributed by atoms with van der Waals surface area (Å²) in [6, 6.07) is 6.55. The van der Waals surface area contributed by atoms with Gasteiger partial charge in [0.25, 0.3) is 0 Å². The van der Waals surface area contributed by atoms with Crippen molar-refractivity contribution in [2.24, 2.45) is 0 Å². The Kier molecular flexibility index (Phi) is 3.32. The lowest BCUT2D eigenvalue weighted by atomic mass is 10.0. The van der Waals surface area contributed by atoms with Gasteiger partial charge in [0.1, 0.15) is 5.75 Å². The summed E-state index contributed by atoms with van der Waals surface area (Å²) in [5.74, 6) is 1.00. The topological polar surface area (TPSA) is 9.23 Å². The van der Waals surface area contributed by atoms with E-state index in [9.17, 15) is 0 Å². The molecule has 0 saturated carbocycles. The van der Waals surface area contributed by atoms with E-state index in [2.05, 4.69) is 34.1 Å². The fourth-order valence-corrected chi connectivity index (χ4v) is 5.25. The van der Waals surface area contributed by atoms with Crippen LogP contribution in [0.5, 0.6) is 5.75 Å². The molecule has 0 saturated heterocycles. The molecule has 2 aliphatic rings. The molecule has 1 unspecified atom stereocenters. The molecule has 1 aromatic carbocycles. The Hall–Kier alpha value is -0.510. The number of ether oxygens (including phenoxy) is 1. The molecule has 104 valence electrons. The first kappa shape index (κ1) is 13.2. The summed E-state index contributed by atoms with van der Waals surface area (Å²) in [5.41, 5.74) is 3.88. The largest absolute Gasteiger partial charge is 0.493 e. The maximum absolute atomic E-state index is 6.76. The van der Waals surface area contributed by atoms with Crippen molar-refractivity contribution in [3.8, 4) is 5.75 Å². The van der Waals surface area contributed by atoms with Crippen molar-refractivity contribution in [1.82, 2.24) is 0 Å². The lowest BCUT2D eigenvalue weighted by molar-refractivity contribution is 0.353. The average Bonchev–Trinajstić information content (AvgIpc) is 3.10. The fourth-order valence-electron chi connectivity index (χ4n) is 3.12. The second-order valence-corrected chi connectivity index (χ2v) is 7.92. The highest BCUT2D eigenvalue weighted by Gasteiger charge is 2.26. The van der Waals surface area contributed by atoms with E-state index in [1.807, 2.05) is 11.3 Å². The molecule has 0 amide bonds. The molecule has 1 aliphatic carbocycles. The molecule has 0 fully saturated rings. The number of hydrogen-bond donors (Lipinski definition) is 0. The van der Waals surface area contributed by atoms with Gasteiger partial charge in [-0.15, -0.1) is 22.9 Å². The summed E-state index contributed by atoms with van der Waals surface area (Å²) >= 11 is 12.2. The van der Waals surface area contributed by atoms with Gasteiger partial charge in [-0.25, -0.2) is 0 Å². The Morgan fingerprint density at radius 1 is 1.15 bits per heavy atom. The van der Waals surface area contributed by atoms with E-state index < -0.39 is 0 Å². The predicted octanol–water partition coefficient (Wildman–Crippen LogP) is 5.26. The van der Waals surface area contributed by atoms with Gasteiger partial charge < -0.3 is 4.74 Å². The van der Waals surface area contributed by atoms with Gasteiger partial charge >= 0.3 is 0 Å². The average molecular weight is 370 g/mol. The predicted molar refractivity (Wildman–Crippen MR) is 87.4 cm³/mol. The van der Waals surface area contributed by atoms with E-state index in [1.54, 1.807) is 0 Å². The van der Waals surface area contributed by atoms with Crippen molar-refractivity contribution in [2.75, 3.05) is 6.61 Å². The minimum Gasteiger partial charge on any atom is -0.493 e. The number of rotatable bonds is 2. The van der Waals surface area contributed by atoms with Crippen LogP contribution in [-0.4, -0.2) is 6.61 Å². The Bertz CT molecular complexity index is 658. The molecule has 1 aromatic heterocycles. The van der Waals surface area contributed by atoms with Crippen LogP contribution in [0.3, 0.4) is 0 Å². The maximum atomic E-state index is 6.76. The number of alkyl halides is 1. The van der Waals surface area contributed by atoms with Gasteiger partial charge in [-0.05, 0) is 48.6 Å². The Morgan fingerprint density at radius 2 is 2.05 bits per heavy atom. The highest BCUT2D eigenvalue weighted by Crippen LogP contribution is 2.45. The van der Waals surface area contributed by atoms with Crippen molar-refractivity contribution in [3.63, 3.8) is 0 Å². The van der Waals surface area contributed by atoms with Gasteiger partial charge in [0.15, 0.2) is 0 Å². The third-order valence-electron chi connectivity index (χ3n) is 4.07. The van der Waals surface area contributed by atoms with Gasteiger partial charge in [-0.1, -0.05) is 15.9 Å². The second kappa shape index (κ2) is 5.04. The van der Waals surface area contributed by atoms with E-state index in [0.717, 1.165) is 28.8 Å². The zero-order valence-electron chi connectivity index (χ0n) is 10.9. The minimum absolute atomic E-state index is 0.102. The highest BCUT2D eigenvalue weighted by molar-refractivity contribution is 9.10. The van der Waals surface area contributed by atoms with Crippen LogP contribution in [0, 0.1) is 0 Å². The first-order valence-corrected chi connectivity index (χ1v) is 8.97. The Balaban J connectivity index is 1.76. The quantitative estimate of drug-likeness (QED) is 0.656. The zero-order valence-corrected chi connectivity index (χ0v) is 14.1. The van der Waals surface area contributed by atoms with Crippen LogP contribution < -0.4 is 4.74 Å². The standard InChI is InChI=1S/C16H14BrClOS/c17-11-6-10-4-5-19-16(10)12(8-11)15(18)14-7-9-2-1-3-13(9)20-14/h6-8,15H,1-5H2. The van der Waals surface area contributed by atoms with Gasteiger partial charge in [0, 0.05) is 26.2 Å². The van der Waals surface area contributed by atoms with Gasteiger partial charge in [-0.3, -0.25) is 0 Å². The summed E-state index contributed by atoms with van der Waals surface area (Å²) < 4.78 is 6.89. The zero-order chi connectivity index (χ0) is 13.7. The van der Waals surface area contributed by atoms with E-state index in [1.165, 1.54) is 40.1 Å². The molecule has 0 bridgehead atoms. The van der Waals surface area contributed by atoms with Crippen LogP contribution in [0.15, 0.2) is 22.7 Å². The number of thiophene rings is 1. The molecule has 2 heterocycles. The van der Waals surface area contributed by atoms with E-state index in [4.69, 9.17) is 16.3 Å². The molecule has 1 aliphatic heterocycles. The summed E-state index contributed by atoms with van der Waals surface area (Å²) in [6.07, 6.45) is 4.70. The van der Waals surface area contributed by atoms with Gasteiger partial charge in [0.2, 0.25) is 0 Å². The van der Waals surface area contributed by atoms with Crippen molar-refractivity contribution in [2.45, 2.75) is 31.1 Å². The Morgan fingerprint density at radius 3 is 2.90 bits per heavy atom.